The van der Waals surface area contributed by atoms with Crippen LogP contribution in [-0.4, -0.2) is 33.2 Å². The predicted molar refractivity (Wildman–Crippen MR) is 124 cm³/mol. The fraction of sp³-hybridized carbons (Fsp3) is 0.136. The minimum absolute atomic E-state index is 0.120. The number of hydrogen-bond acceptors (Lipinski definition) is 5. The molecule has 0 aromatic heterocycles. The molecule has 3 aromatic carbocycles. The van der Waals surface area contributed by atoms with Crippen LogP contribution in [0.25, 0.3) is 0 Å². The van der Waals surface area contributed by atoms with Gasteiger partial charge in [-0.25, -0.2) is 8.42 Å². The lowest BCUT2D eigenvalue weighted by atomic mass is 10.2. The van der Waals surface area contributed by atoms with Gasteiger partial charge in [-0.15, -0.1) is 11.8 Å². The van der Waals surface area contributed by atoms with Gasteiger partial charge in [0.15, 0.2) is 6.10 Å². The van der Waals surface area contributed by atoms with Crippen molar-refractivity contribution in [3.8, 4) is 5.75 Å². The lowest BCUT2D eigenvalue weighted by molar-refractivity contribution is -0.122. The van der Waals surface area contributed by atoms with Gasteiger partial charge in [0, 0.05) is 15.6 Å². The second kappa shape index (κ2) is 8.82. The van der Waals surface area contributed by atoms with E-state index in [4.69, 9.17) is 16.3 Å². The SMILES string of the molecule is CSc1cccc(NC(=O)[C@@H]2CN(S(=O)(=O)c3ccccc3)c3cc(Cl)ccc3O2)c1. The molecule has 0 unspecified atom stereocenters. The molecule has 0 fully saturated rings. The largest absolute Gasteiger partial charge is 0.476 e. The molecule has 0 radical (unpaired) electrons. The van der Waals surface area contributed by atoms with Gasteiger partial charge >= 0.3 is 0 Å². The highest BCUT2D eigenvalue weighted by Crippen LogP contribution is 2.39. The molecule has 3 aromatic rings. The van der Waals surface area contributed by atoms with E-state index in [-0.39, 0.29) is 17.2 Å². The molecule has 0 spiro atoms. The first-order valence-electron chi connectivity index (χ1n) is 9.37. The molecular formula is C22H19ClN2O4S2. The summed E-state index contributed by atoms with van der Waals surface area (Å²) in [5, 5.41) is 3.18. The maximum atomic E-state index is 13.4. The summed E-state index contributed by atoms with van der Waals surface area (Å²) in [4.78, 5) is 14.1. The Morgan fingerprint density at radius 1 is 1.10 bits per heavy atom. The predicted octanol–water partition coefficient (Wildman–Crippen LogP) is 4.66. The zero-order valence-electron chi connectivity index (χ0n) is 16.5. The number of benzene rings is 3. The summed E-state index contributed by atoms with van der Waals surface area (Å²) < 4.78 is 33.8. The Hall–Kier alpha value is -2.68. The molecule has 0 saturated heterocycles. The van der Waals surface area contributed by atoms with E-state index >= 15 is 0 Å². The van der Waals surface area contributed by atoms with E-state index < -0.39 is 22.0 Å². The normalized spacial score (nSPS) is 15.7. The van der Waals surface area contributed by atoms with Gasteiger partial charge in [-0.2, -0.15) is 0 Å². The van der Waals surface area contributed by atoms with Crippen molar-refractivity contribution >= 4 is 50.7 Å². The number of thioether (sulfide) groups is 1. The summed E-state index contributed by atoms with van der Waals surface area (Å²) in [5.41, 5.74) is 0.907. The van der Waals surface area contributed by atoms with E-state index in [0.717, 1.165) is 4.90 Å². The number of carbonyl (C=O) groups excluding carboxylic acids is 1. The molecule has 0 aliphatic carbocycles. The maximum absolute atomic E-state index is 13.4. The highest BCUT2D eigenvalue weighted by molar-refractivity contribution is 7.98. The number of ether oxygens (including phenoxy) is 1. The first-order chi connectivity index (χ1) is 14.9. The number of rotatable bonds is 5. The Labute approximate surface area is 190 Å². The average Bonchev–Trinajstić information content (AvgIpc) is 2.79. The van der Waals surface area contributed by atoms with Gasteiger partial charge < -0.3 is 10.1 Å². The standard InChI is InChI=1S/C22H19ClN2O4S2/c1-30-17-7-5-6-16(13-17)24-22(26)21-14-25(19-12-15(23)10-11-20(19)29-21)31(27,28)18-8-3-2-4-9-18/h2-13,21H,14H2,1H3,(H,24,26)/t21-/m0/s1. The smallest absolute Gasteiger partial charge is 0.267 e. The minimum Gasteiger partial charge on any atom is -0.476 e. The monoisotopic (exact) mass is 474 g/mol. The fourth-order valence-corrected chi connectivity index (χ4v) is 5.35. The summed E-state index contributed by atoms with van der Waals surface area (Å²) in [6.45, 7) is -0.182. The van der Waals surface area contributed by atoms with Gasteiger partial charge in [0.05, 0.1) is 17.1 Å². The molecule has 1 N–H and O–H groups in total. The van der Waals surface area contributed by atoms with E-state index in [9.17, 15) is 13.2 Å². The quantitative estimate of drug-likeness (QED) is 0.544. The molecule has 1 aliphatic rings. The third-order valence-corrected chi connectivity index (χ3v) is 7.51. The van der Waals surface area contributed by atoms with Crippen LogP contribution in [-0.2, 0) is 14.8 Å². The Bertz CT molecular complexity index is 1220. The van der Waals surface area contributed by atoms with Crippen molar-refractivity contribution in [3.63, 3.8) is 0 Å². The molecule has 1 aliphatic heterocycles. The van der Waals surface area contributed by atoms with Crippen LogP contribution in [0.1, 0.15) is 0 Å². The zero-order valence-corrected chi connectivity index (χ0v) is 18.9. The average molecular weight is 475 g/mol. The molecule has 31 heavy (non-hydrogen) atoms. The van der Waals surface area contributed by atoms with Crippen LogP contribution in [0.5, 0.6) is 5.75 Å². The van der Waals surface area contributed by atoms with E-state index in [1.54, 1.807) is 48.2 Å². The Balaban J connectivity index is 1.68. The Morgan fingerprint density at radius 3 is 2.61 bits per heavy atom. The number of amides is 1. The van der Waals surface area contributed by atoms with Crippen molar-refractivity contribution in [1.29, 1.82) is 0 Å². The Kier molecular flexibility index (Phi) is 6.13. The highest BCUT2D eigenvalue weighted by Gasteiger charge is 2.37. The van der Waals surface area contributed by atoms with E-state index in [0.29, 0.717) is 16.4 Å². The van der Waals surface area contributed by atoms with Crippen molar-refractivity contribution in [2.75, 3.05) is 22.4 Å². The molecule has 1 atom stereocenters. The van der Waals surface area contributed by atoms with E-state index in [1.807, 2.05) is 24.5 Å². The summed E-state index contributed by atoms with van der Waals surface area (Å²) >= 11 is 7.67. The van der Waals surface area contributed by atoms with Gasteiger partial charge in [-0.1, -0.05) is 35.9 Å². The van der Waals surface area contributed by atoms with E-state index in [1.165, 1.54) is 22.5 Å². The zero-order chi connectivity index (χ0) is 22.0. The third-order valence-electron chi connectivity index (χ3n) is 4.75. The van der Waals surface area contributed by atoms with Crippen LogP contribution in [0.15, 0.2) is 82.6 Å². The molecule has 9 heteroatoms. The van der Waals surface area contributed by atoms with Gasteiger partial charge in [0.25, 0.3) is 15.9 Å². The number of halogens is 1. The van der Waals surface area contributed by atoms with Crippen LogP contribution in [0.4, 0.5) is 11.4 Å². The van der Waals surface area contributed by atoms with Crippen LogP contribution in [0, 0.1) is 0 Å². The number of hydrogen-bond donors (Lipinski definition) is 1. The number of anilines is 2. The second-order valence-electron chi connectivity index (χ2n) is 6.79. The molecule has 160 valence electrons. The van der Waals surface area contributed by atoms with Crippen molar-refractivity contribution in [1.82, 2.24) is 0 Å². The molecule has 6 nitrogen and oxygen atoms in total. The number of fused-ring (bicyclic) bond motifs is 1. The summed E-state index contributed by atoms with van der Waals surface area (Å²) in [6.07, 6.45) is 0.907. The van der Waals surface area contributed by atoms with Crippen molar-refractivity contribution in [2.45, 2.75) is 15.9 Å². The number of sulfonamides is 1. The first kappa shape index (κ1) is 21.5. The second-order valence-corrected chi connectivity index (χ2v) is 9.97. The third kappa shape index (κ3) is 4.51. The van der Waals surface area contributed by atoms with E-state index in [2.05, 4.69) is 5.32 Å². The van der Waals surface area contributed by atoms with Crippen molar-refractivity contribution in [3.05, 3.63) is 77.8 Å². The minimum atomic E-state index is -3.93. The summed E-state index contributed by atoms with van der Waals surface area (Å²) in [5.74, 6) is -0.166. The topological polar surface area (TPSA) is 75.7 Å². The molecule has 1 amide bonds. The maximum Gasteiger partial charge on any atom is 0.267 e. The lowest BCUT2D eigenvalue weighted by Crippen LogP contribution is -2.48. The summed E-state index contributed by atoms with van der Waals surface area (Å²) in [6, 6.07) is 20.1. The number of carbonyl (C=O) groups is 1. The summed E-state index contributed by atoms with van der Waals surface area (Å²) in [7, 11) is -3.93. The fourth-order valence-electron chi connectivity index (χ4n) is 3.23. The van der Waals surface area contributed by atoms with Gasteiger partial charge in [-0.3, -0.25) is 9.10 Å². The Morgan fingerprint density at radius 2 is 1.87 bits per heavy atom. The molecule has 4 rings (SSSR count). The molecule has 1 heterocycles. The lowest BCUT2D eigenvalue weighted by Gasteiger charge is -2.34. The first-order valence-corrected chi connectivity index (χ1v) is 12.4. The van der Waals surface area contributed by atoms with Gasteiger partial charge in [-0.05, 0) is 54.8 Å². The van der Waals surface area contributed by atoms with Crippen LogP contribution >= 0.6 is 23.4 Å². The molecular weight excluding hydrogens is 456 g/mol. The molecule has 0 saturated carbocycles. The van der Waals surface area contributed by atoms with Crippen LogP contribution in [0.2, 0.25) is 5.02 Å². The van der Waals surface area contributed by atoms with Gasteiger partial charge in [0.2, 0.25) is 0 Å². The number of nitrogens with zero attached hydrogens (tertiary/aromatic N) is 1. The van der Waals surface area contributed by atoms with Crippen molar-refractivity contribution < 1.29 is 17.9 Å². The van der Waals surface area contributed by atoms with Gasteiger partial charge in [0.1, 0.15) is 5.75 Å². The highest BCUT2D eigenvalue weighted by atomic mass is 35.5. The number of nitrogens with one attached hydrogen (secondary N) is 1. The van der Waals surface area contributed by atoms with Crippen LogP contribution in [0.3, 0.4) is 0 Å². The van der Waals surface area contributed by atoms with Crippen molar-refractivity contribution in [2.24, 2.45) is 0 Å². The van der Waals surface area contributed by atoms with Crippen LogP contribution < -0.4 is 14.4 Å². The molecule has 0 bridgehead atoms.